The second-order valence-corrected chi connectivity index (χ2v) is 5.96. The Bertz CT molecular complexity index is 923. The summed E-state index contributed by atoms with van der Waals surface area (Å²) in [6, 6.07) is 21.3. The Balaban J connectivity index is 1.88. The van der Waals surface area contributed by atoms with Gasteiger partial charge in [0.15, 0.2) is 0 Å². The summed E-state index contributed by atoms with van der Waals surface area (Å²) < 4.78 is 5.35. The molecule has 0 radical (unpaired) electrons. The molecular formula is C21H19NO4. The lowest BCUT2D eigenvalue weighted by molar-refractivity contribution is -0.138. The summed E-state index contributed by atoms with van der Waals surface area (Å²) in [5.74, 6) is -1.10. The zero-order valence-electron chi connectivity index (χ0n) is 14.3. The van der Waals surface area contributed by atoms with Crippen molar-refractivity contribution in [3.63, 3.8) is 0 Å². The van der Waals surface area contributed by atoms with Gasteiger partial charge in [-0.05, 0) is 35.4 Å². The van der Waals surface area contributed by atoms with E-state index in [0.29, 0.717) is 5.69 Å². The van der Waals surface area contributed by atoms with Crippen molar-refractivity contribution >= 4 is 28.5 Å². The van der Waals surface area contributed by atoms with Crippen LogP contribution in [0, 0.1) is 0 Å². The fourth-order valence-electron chi connectivity index (χ4n) is 2.71. The Hall–Kier alpha value is -3.34. The molecule has 0 saturated carbocycles. The van der Waals surface area contributed by atoms with Gasteiger partial charge in [-0.25, -0.2) is 9.59 Å². The first-order valence-electron chi connectivity index (χ1n) is 8.28. The van der Waals surface area contributed by atoms with Gasteiger partial charge in [0.25, 0.3) is 0 Å². The number of anilines is 1. The van der Waals surface area contributed by atoms with Gasteiger partial charge in [0, 0.05) is 5.69 Å². The van der Waals surface area contributed by atoms with Crippen molar-refractivity contribution in [3.05, 3.63) is 78.4 Å². The number of amides is 1. The second kappa shape index (κ2) is 7.70. The third-order valence-electron chi connectivity index (χ3n) is 4.16. The zero-order chi connectivity index (χ0) is 18.5. The number of rotatable bonds is 5. The lowest BCUT2D eigenvalue weighted by atomic mass is 10.1. The van der Waals surface area contributed by atoms with Crippen molar-refractivity contribution in [2.24, 2.45) is 0 Å². The zero-order valence-corrected chi connectivity index (χ0v) is 14.3. The number of fused-ring (bicyclic) bond motifs is 1. The number of carboxylic acids is 1. The number of aliphatic carboxylic acids is 1. The van der Waals surface area contributed by atoms with Crippen LogP contribution < -0.4 is 4.90 Å². The molecule has 0 aliphatic carbocycles. The number of ether oxygens (including phenoxy) is 1. The minimum absolute atomic E-state index is 0.0795. The Morgan fingerprint density at radius 3 is 2.31 bits per heavy atom. The van der Waals surface area contributed by atoms with Crippen molar-refractivity contribution < 1.29 is 19.4 Å². The quantitative estimate of drug-likeness (QED) is 0.739. The molecule has 0 heterocycles. The number of hydrogen-bond acceptors (Lipinski definition) is 3. The van der Waals surface area contributed by atoms with Crippen LogP contribution in [0.15, 0.2) is 72.8 Å². The standard InChI is InChI=1S/C21H19NO4/c1-15(20(23)24)22(21(25)26-14-16-7-3-2-4-8-16)19-12-11-17-9-5-6-10-18(17)13-19/h2-13,15H,14H2,1H3,(H,23,24)/t15-/m1/s1. The largest absolute Gasteiger partial charge is 0.480 e. The molecule has 5 nitrogen and oxygen atoms in total. The summed E-state index contributed by atoms with van der Waals surface area (Å²) in [4.78, 5) is 25.3. The molecule has 0 saturated heterocycles. The third kappa shape index (κ3) is 3.83. The number of benzene rings is 3. The summed E-state index contributed by atoms with van der Waals surface area (Å²) in [6.07, 6.45) is -0.695. The van der Waals surface area contributed by atoms with Crippen molar-refractivity contribution in [2.75, 3.05) is 4.90 Å². The first-order chi connectivity index (χ1) is 12.6. The van der Waals surface area contributed by atoms with Gasteiger partial charge in [0.05, 0.1) is 0 Å². The van der Waals surface area contributed by atoms with Crippen LogP contribution in [-0.2, 0) is 16.1 Å². The molecule has 0 aromatic heterocycles. The van der Waals surface area contributed by atoms with E-state index in [1.165, 1.54) is 6.92 Å². The van der Waals surface area contributed by atoms with E-state index in [2.05, 4.69) is 0 Å². The molecule has 1 amide bonds. The molecule has 26 heavy (non-hydrogen) atoms. The van der Waals surface area contributed by atoms with Gasteiger partial charge in [0.1, 0.15) is 12.6 Å². The highest BCUT2D eigenvalue weighted by atomic mass is 16.6. The number of carbonyl (C=O) groups is 2. The average Bonchev–Trinajstić information content (AvgIpc) is 2.67. The van der Waals surface area contributed by atoms with E-state index in [1.54, 1.807) is 12.1 Å². The van der Waals surface area contributed by atoms with Gasteiger partial charge in [-0.15, -0.1) is 0 Å². The van der Waals surface area contributed by atoms with Gasteiger partial charge < -0.3 is 9.84 Å². The molecule has 1 N–H and O–H groups in total. The third-order valence-corrected chi connectivity index (χ3v) is 4.16. The molecule has 0 spiro atoms. The maximum Gasteiger partial charge on any atom is 0.415 e. The maximum absolute atomic E-state index is 12.6. The van der Waals surface area contributed by atoms with Crippen LogP contribution in [0.4, 0.5) is 10.5 Å². The van der Waals surface area contributed by atoms with E-state index in [-0.39, 0.29) is 6.61 Å². The van der Waals surface area contributed by atoms with Gasteiger partial charge >= 0.3 is 12.1 Å². The van der Waals surface area contributed by atoms with Crippen molar-refractivity contribution in [1.82, 2.24) is 0 Å². The van der Waals surface area contributed by atoms with Gasteiger partial charge in [0.2, 0.25) is 0 Å². The van der Waals surface area contributed by atoms with Crippen LogP contribution in [0.1, 0.15) is 12.5 Å². The fraction of sp³-hybridized carbons (Fsp3) is 0.143. The molecule has 0 fully saturated rings. The molecule has 3 aromatic rings. The molecule has 3 aromatic carbocycles. The minimum Gasteiger partial charge on any atom is -0.480 e. The van der Waals surface area contributed by atoms with E-state index in [1.807, 2.05) is 60.7 Å². The van der Waals surface area contributed by atoms with E-state index in [9.17, 15) is 14.7 Å². The van der Waals surface area contributed by atoms with E-state index >= 15 is 0 Å². The highest BCUT2D eigenvalue weighted by molar-refractivity contribution is 5.97. The molecule has 1 atom stereocenters. The normalized spacial score (nSPS) is 11.7. The monoisotopic (exact) mass is 349 g/mol. The first kappa shape index (κ1) is 17.5. The fourth-order valence-corrected chi connectivity index (χ4v) is 2.71. The number of nitrogens with zero attached hydrogens (tertiary/aromatic N) is 1. The van der Waals surface area contributed by atoms with Gasteiger partial charge in [-0.3, -0.25) is 4.90 Å². The molecule has 0 unspecified atom stereocenters. The van der Waals surface area contributed by atoms with Crippen molar-refractivity contribution in [3.8, 4) is 0 Å². The average molecular weight is 349 g/mol. The van der Waals surface area contributed by atoms with Gasteiger partial charge in [-0.1, -0.05) is 60.7 Å². The van der Waals surface area contributed by atoms with Crippen molar-refractivity contribution in [2.45, 2.75) is 19.6 Å². The van der Waals surface area contributed by atoms with Crippen LogP contribution in [-0.4, -0.2) is 23.2 Å². The lowest BCUT2D eigenvalue weighted by Crippen LogP contribution is -2.43. The second-order valence-electron chi connectivity index (χ2n) is 5.96. The number of carboxylic acid groups (broad SMARTS) is 1. The highest BCUT2D eigenvalue weighted by Gasteiger charge is 2.28. The highest BCUT2D eigenvalue weighted by Crippen LogP contribution is 2.25. The Kier molecular flexibility index (Phi) is 5.17. The topological polar surface area (TPSA) is 66.8 Å². The number of carbonyl (C=O) groups excluding carboxylic acids is 1. The molecule has 0 aliphatic rings. The van der Waals surface area contributed by atoms with Crippen LogP contribution in [0.3, 0.4) is 0 Å². The molecule has 132 valence electrons. The predicted molar refractivity (Wildman–Crippen MR) is 100 cm³/mol. The SMILES string of the molecule is C[C@H](C(=O)O)N(C(=O)OCc1ccccc1)c1ccc2ccccc2c1. The minimum atomic E-state index is -1.10. The molecular weight excluding hydrogens is 330 g/mol. The lowest BCUT2D eigenvalue weighted by Gasteiger charge is -2.26. The molecule has 0 aliphatic heterocycles. The van der Waals surface area contributed by atoms with E-state index < -0.39 is 18.1 Å². The summed E-state index contributed by atoms with van der Waals surface area (Å²) >= 11 is 0. The Morgan fingerprint density at radius 1 is 0.962 bits per heavy atom. The summed E-state index contributed by atoms with van der Waals surface area (Å²) in [5.41, 5.74) is 1.32. The van der Waals surface area contributed by atoms with Crippen LogP contribution >= 0.6 is 0 Å². The molecule has 0 bridgehead atoms. The summed E-state index contributed by atoms with van der Waals surface area (Å²) in [5, 5.41) is 11.3. The van der Waals surface area contributed by atoms with E-state index in [0.717, 1.165) is 21.2 Å². The van der Waals surface area contributed by atoms with Crippen LogP contribution in [0.5, 0.6) is 0 Å². The first-order valence-corrected chi connectivity index (χ1v) is 8.28. The smallest absolute Gasteiger partial charge is 0.415 e. The Morgan fingerprint density at radius 2 is 1.62 bits per heavy atom. The van der Waals surface area contributed by atoms with Crippen molar-refractivity contribution in [1.29, 1.82) is 0 Å². The number of hydrogen-bond donors (Lipinski definition) is 1. The maximum atomic E-state index is 12.6. The summed E-state index contributed by atoms with van der Waals surface area (Å²) in [6.45, 7) is 1.54. The van der Waals surface area contributed by atoms with Gasteiger partial charge in [-0.2, -0.15) is 0 Å². The predicted octanol–water partition coefficient (Wildman–Crippen LogP) is 4.46. The van der Waals surface area contributed by atoms with E-state index in [4.69, 9.17) is 4.74 Å². The van der Waals surface area contributed by atoms with Crippen LogP contribution in [0.25, 0.3) is 10.8 Å². The van der Waals surface area contributed by atoms with Crippen LogP contribution in [0.2, 0.25) is 0 Å². The molecule has 3 rings (SSSR count). The summed E-state index contributed by atoms with van der Waals surface area (Å²) in [7, 11) is 0. The molecule has 5 heteroatoms. The Labute approximate surface area is 151 Å².